The van der Waals surface area contributed by atoms with Crippen molar-refractivity contribution < 1.29 is 24.8 Å². The van der Waals surface area contributed by atoms with E-state index in [4.69, 9.17) is 15.0 Å². The summed E-state index contributed by atoms with van der Waals surface area (Å²) in [5.41, 5.74) is 6.78. The van der Waals surface area contributed by atoms with Crippen molar-refractivity contribution in [2.45, 2.75) is 36.6 Å². The van der Waals surface area contributed by atoms with Crippen molar-refractivity contribution in [3.05, 3.63) is 82.2 Å². The molecule has 4 atom stereocenters. The van der Waals surface area contributed by atoms with E-state index in [0.717, 1.165) is 11.1 Å². The highest BCUT2D eigenvalue weighted by Gasteiger charge is 2.57. The molecule has 0 aliphatic carbocycles. The van der Waals surface area contributed by atoms with Crippen molar-refractivity contribution >= 4 is 0 Å². The summed E-state index contributed by atoms with van der Waals surface area (Å²) in [6.45, 7) is -0.857. The van der Waals surface area contributed by atoms with Crippen LogP contribution in [0, 0.1) is 0 Å². The van der Waals surface area contributed by atoms with Gasteiger partial charge in [0, 0.05) is 11.3 Å². The molecule has 0 spiro atoms. The molecular formula is C20H23N3O5. The minimum Gasteiger partial charge on any atom is -0.393 e. The molecule has 148 valence electrons. The van der Waals surface area contributed by atoms with E-state index in [1.165, 1.54) is 0 Å². The summed E-state index contributed by atoms with van der Waals surface area (Å²) in [6.07, 6.45) is -2.05. The first-order valence-corrected chi connectivity index (χ1v) is 8.94. The van der Waals surface area contributed by atoms with Gasteiger partial charge in [-0.2, -0.15) is 0 Å². The van der Waals surface area contributed by atoms with E-state index in [1.807, 2.05) is 60.7 Å². The molecule has 8 nitrogen and oxygen atoms in total. The second kappa shape index (κ2) is 8.70. The quantitative estimate of drug-likeness (QED) is 0.363. The summed E-state index contributed by atoms with van der Waals surface area (Å²) in [6, 6.07) is 18.7. The Balaban J connectivity index is 1.88. The normalized spacial score (nSPS) is 26.4. The second-order valence-corrected chi connectivity index (χ2v) is 6.94. The Bertz CT molecular complexity index is 815. The van der Waals surface area contributed by atoms with Crippen LogP contribution in [-0.2, 0) is 22.5 Å². The highest BCUT2D eigenvalue weighted by molar-refractivity contribution is 5.20. The first-order valence-electron chi connectivity index (χ1n) is 8.94. The van der Waals surface area contributed by atoms with Crippen molar-refractivity contribution in [1.29, 1.82) is 0 Å². The van der Waals surface area contributed by atoms with Crippen LogP contribution in [0.15, 0.2) is 65.8 Å². The Morgan fingerprint density at radius 1 is 1.14 bits per heavy atom. The van der Waals surface area contributed by atoms with Crippen LogP contribution >= 0.6 is 0 Å². The largest absolute Gasteiger partial charge is 0.393 e. The third-order valence-electron chi connectivity index (χ3n) is 4.85. The Kier molecular flexibility index (Phi) is 6.31. The lowest BCUT2D eigenvalue weighted by molar-refractivity contribution is -0.160. The van der Waals surface area contributed by atoms with Gasteiger partial charge in [-0.3, -0.25) is 0 Å². The van der Waals surface area contributed by atoms with Crippen molar-refractivity contribution in [1.82, 2.24) is 0 Å². The van der Waals surface area contributed by atoms with Gasteiger partial charge in [0.25, 0.3) is 0 Å². The molecule has 1 aliphatic heterocycles. The minimum absolute atomic E-state index is 0.144. The van der Waals surface area contributed by atoms with E-state index in [9.17, 15) is 15.3 Å². The number of ether oxygens (including phenoxy) is 2. The maximum atomic E-state index is 11.3. The highest BCUT2D eigenvalue weighted by Crippen LogP contribution is 2.37. The van der Waals surface area contributed by atoms with Gasteiger partial charge in [-0.05, 0) is 16.7 Å². The molecule has 3 N–H and O–H groups in total. The van der Waals surface area contributed by atoms with Gasteiger partial charge in [-0.15, -0.1) is 0 Å². The zero-order valence-corrected chi connectivity index (χ0v) is 15.3. The summed E-state index contributed by atoms with van der Waals surface area (Å²) in [4.78, 5) is 2.61. The average molecular weight is 385 g/mol. The Hall–Kier alpha value is -2.45. The molecule has 0 saturated carbocycles. The highest BCUT2D eigenvalue weighted by atomic mass is 16.6. The van der Waals surface area contributed by atoms with E-state index >= 15 is 0 Å². The molecule has 0 amide bonds. The fraction of sp³-hybridized carbons (Fsp3) is 0.400. The van der Waals surface area contributed by atoms with Crippen molar-refractivity contribution in [2.75, 3.05) is 13.2 Å². The Labute approximate surface area is 162 Å². The summed E-state index contributed by atoms with van der Waals surface area (Å²) >= 11 is 0. The standard InChI is InChI=1S/C20H23N3O5/c21-23-22-20(26,13-24)18-17(27-12-16-9-5-2-6-10-16)19(25,14-28-18)11-15-7-3-1-4-8-15/h1-10,17-18,24-26H,11-14H2/t17-,18-,19-,20-/m0/s1. The lowest BCUT2D eigenvalue weighted by Gasteiger charge is -2.35. The lowest BCUT2D eigenvalue weighted by atomic mass is 9.86. The third-order valence-corrected chi connectivity index (χ3v) is 4.85. The number of azide groups is 1. The molecule has 1 fully saturated rings. The maximum absolute atomic E-state index is 11.3. The molecule has 0 radical (unpaired) electrons. The first-order chi connectivity index (χ1) is 13.5. The van der Waals surface area contributed by atoms with Crippen LogP contribution in [0.4, 0.5) is 0 Å². The number of rotatable bonds is 8. The molecule has 1 heterocycles. The monoisotopic (exact) mass is 385 g/mol. The number of aliphatic hydroxyl groups is 3. The molecule has 2 aromatic rings. The van der Waals surface area contributed by atoms with Crippen LogP contribution in [-0.4, -0.2) is 52.1 Å². The summed E-state index contributed by atoms with van der Waals surface area (Å²) in [5.74, 6) is 0. The van der Waals surface area contributed by atoms with Gasteiger partial charge in [0.05, 0.1) is 19.8 Å². The summed E-state index contributed by atoms with van der Waals surface area (Å²) < 4.78 is 11.6. The molecule has 0 bridgehead atoms. The van der Waals surface area contributed by atoms with Crippen LogP contribution in [0.5, 0.6) is 0 Å². The van der Waals surface area contributed by atoms with Crippen molar-refractivity contribution in [2.24, 2.45) is 5.11 Å². The fourth-order valence-corrected chi connectivity index (χ4v) is 3.42. The Morgan fingerprint density at radius 3 is 2.32 bits per heavy atom. The zero-order valence-electron chi connectivity index (χ0n) is 15.3. The first kappa shape index (κ1) is 20.3. The molecule has 1 aliphatic rings. The van der Waals surface area contributed by atoms with Crippen LogP contribution in [0.25, 0.3) is 10.4 Å². The predicted octanol–water partition coefficient (Wildman–Crippen LogP) is 1.94. The third kappa shape index (κ3) is 4.34. The van der Waals surface area contributed by atoms with Crippen molar-refractivity contribution in [3.63, 3.8) is 0 Å². The fourth-order valence-electron chi connectivity index (χ4n) is 3.42. The van der Waals surface area contributed by atoms with Crippen LogP contribution in [0.2, 0.25) is 0 Å². The molecule has 1 saturated heterocycles. The van der Waals surface area contributed by atoms with E-state index in [2.05, 4.69) is 10.0 Å². The second-order valence-electron chi connectivity index (χ2n) is 6.94. The topological polar surface area (TPSA) is 128 Å². The van der Waals surface area contributed by atoms with E-state index in [0.29, 0.717) is 0 Å². The number of benzene rings is 2. The van der Waals surface area contributed by atoms with Crippen molar-refractivity contribution in [3.8, 4) is 0 Å². The van der Waals surface area contributed by atoms with Gasteiger partial charge in [-0.1, -0.05) is 65.8 Å². The molecule has 3 rings (SSSR count). The van der Waals surface area contributed by atoms with Gasteiger partial charge in [0.2, 0.25) is 0 Å². The predicted molar refractivity (Wildman–Crippen MR) is 101 cm³/mol. The smallest absolute Gasteiger partial charge is 0.195 e. The summed E-state index contributed by atoms with van der Waals surface area (Å²) in [7, 11) is 0. The number of aliphatic hydroxyl groups excluding tert-OH is 1. The molecule has 0 aromatic heterocycles. The van der Waals surface area contributed by atoms with Gasteiger partial charge < -0.3 is 24.8 Å². The summed E-state index contributed by atoms with van der Waals surface area (Å²) in [5, 5.41) is 34.8. The average Bonchev–Trinajstić information content (AvgIpc) is 3.04. The molecule has 8 heteroatoms. The van der Waals surface area contributed by atoms with Crippen LogP contribution in [0.1, 0.15) is 11.1 Å². The number of hydrogen-bond acceptors (Lipinski definition) is 6. The molecule has 28 heavy (non-hydrogen) atoms. The molecule has 0 unspecified atom stereocenters. The number of nitrogens with zero attached hydrogens (tertiary/aromatic N) is 3. The molecule has 2 aromatic carbocycles. The van der Waals surface area contributed by atoms with Gasteiger partial charge in [-0.25, -0.2) is 0 Å². The van der Waals surface area contributed by atoms with Gasteiger partial charge in [0.1, 0.15) is 17.8 Å². The zero-order chi connectivity index (χ0) is 20.0. The molecular weight excluding hydrogens is 362 g/mol. The van der Waals surface area contributed by atoms with Gasteiger partial charge >= 0.3 is 0 Å². The minimum atomic E-state index is -2.25. The van der Waals surface area contributed by atoms with E-state index in [-0.39, 0.29) is 19.6 Å². The van der Waals surface area contributed by atoms with Crippen LogP contribution in [0.3, 0.4) is 0 Å². The maximum Gasteiger partial charge on any atom is 0.195 e. The number of hydrogen-bond donors (Lipinski definition) is 3. The SMILES string of the molecule is [N-]=[N+]=N[C@](O)(CO)[C@H]1OC[C@@](O)(Cc2ccccc2)[C@H]1OCc1ccccc1. The van der Waals surface area contributed by atoms with E-state index in [1.54, 1.807) is 0 Å². The Morgan fingerprint density at radius 2 is 1.75 bits per heavy atom. The van der Waals surface area contributed by atoms with Gasteiger partial charge in [0.15, 0.2) is 5.72 Å². The van der Waals surface area contributed by atoms with Crippen LogP contribution < -0.4 is 0 Å². The van der Waals surface area contributed by atoms with E-state index < -0.39 is 30.1 Å². The lowest BCUT2D eigenvalue weighted by Crippen LogP contribution is -2.55.